The van der Waals surface area contributed by atoms with Crippen molar-refractivity contribution in [2.45, 2.75) is 18.5 Å². The topological polar surface area (TPSA) is 35.2 Å². The maximum atomic E-state index is 13.6. The third-order valence-electron chi connectivity index (χ3n) is 7.00. The van der Waals surface area contributed by atoms with Crippen LogP contribution in [0.3, 0.4) is 0 Å². The summed E-state index contributed by atoms with van der Waals surface area (Å²) in [6, 6.07) is 19.0. The first-order valence-corrected chi connectivity index (χ1v) is 10.2. The van der Waals surface area contributed by atoms with Gasteiger partial charge in [0.2, 0.25) is 6.17 Å². The summed E-state index contributed by atoms with van der Waals surface area (Å²) in [6.07, 6.45) is 2.16. The number of carbonyl (C=O) groups is 1. The molecule has 2 atom stereocenters. The van der Waals surface area contributed by atoms with Crippen LogP contribution in [0.15, 0.2) is 67.3 Å². The van der Waals surface area contributed by atoms with Crippen LogP contribution in [0.25, 0.3) is 0 Å². The van der Waals surface area contributed by atoms with Crippen molar-refractivity contribution in [3.63, 3.8) is 0 Å². The van der Waals surface area contributed by atoms with Gasteiger partial charge in [0.25, 0.3) is 0 Å². The van der Waals surface area contributed by atoms with Crippen molar-refractivity contribution in [1.29, 1.82) is 0 Å². The van der Waals surface area contributed by atoms with E-state index in [1.807, 2.05) is 6.07 Å². The predicted molar refractivity (Wildman–Crippen MR) is 108 cm³/mol. The van der Waals surface area contributed by atoms with E-state index in [0.29, 0.717) is 18.6 Å². The van der Waals surface area contributed by atoms with E-state index in [1.54, 1.807) is 15.9 Å². The minimum atomic E-state index is -0.333. The summed E-state index contributed by atoms with van der Waals surface area (Å²) in [5.41, 5.74) is 1.99. The van der Waals surface area contributed by atoms with Crippen LogP contribution >= 0.6 is 0 Å². The highest BCUT2D eigenvalue weighted by Gasteiger charge is 2.70. The Morgan fingerprint density at radius 1 is 1.04 bits per heavy atom. The number of carbonyl (C=O) groups excluding carboxylic acids is 1. The van der Waals surface area contributed by atoms with Crippen LogP contribution in [-0.4, -0.2) is 38.6 Å². The second kappa shape index (κ2) is 6.29. The van der Waals surface area contributed by atoms with Gasteiger partial charge >= 0.3 is 0 Å². The molecule has 4 aliphatic rings. The predicted octanol–water partition coefficient (Wildman–Crippen LogP) is 0.574. The summed E-state index contributed by atoms with van der Waals surface area (Å²) >= 11 is 0. The number of nitrogens with one attached hydrogen (secondary N) is 2. The average Bonchev–Trinajstić information content (AvgIpc) is 2.71. The molecule has 0 aliphatic carbocycles. The second-order valence-corrected chi connectivity index (χ2v) is 8.96. The Morgan fingerprint density at radius 3 is 2.29 bits per heavy atom. The van der Waals surface area contributed by atoms with Crippen LogP contribution in [0.5, 0.6) is 5.75 Å². The SMILES string of the molecule is C=CCOc1ccc(C2[NH+]3CC4(C)C[NH+]2CC(c2ccccc2)(C3)C4=O)cc1. The van der Waals surface area contributed by atoms with Crippen molar-refractivity contribution in [3.05, 3.63) is 78.4 Å². The second-order valence-electron chi connectivity index (χ2n) is 8.96. The maximum Gasteiger partial charge on any atom is 0.240 e. The fourth-order valence-corrected chi connectivity index (χ4v) is 6.10. The molecule has 4 aliphatic heterocycles. The molecule has 4 saturated heterocycles. The van der Waals surface area contributed by atoms with Gasteiger partial charge in [-0.15, -0.1) is 0 Å². The minimum absolute atomic E-state index is 0.222. The third kappa shape index (κ3) is 2.48. The highest BCUT2D eigenvalue weighted by molar-refractivity contribution is 5.96. The van der Waals surface area contributed by atoms with E-state index in [1.165, 1.54) is 11.1 Å². The largest absolute Gasteiger partial charge is 0.490 e. The third-order valence-corrected chi connectivity index (χ3v) is 7.00. The molecule has 4 heteroatoms. The molecule has 6 rings (SSSR count). The van der Waals surface area contributed by atoms with Crippen LogP contribution in [0, 0.1) is 5.41 Å². The summed E-state index contributed by atoms with van der Waals surface area (Å²) < 4.78 is 5.64. The van der Waals surface area contributed by atoms with Crippen molar-refractivity contribution in [3.8, 4) is 5.75 Å². The van der Waals surface area contributed by atoms with Crippen LogP contribution in [-0.2, 0) is 10.2 Å². The zero-order chi connectivity index (χ0) is 19.4. The van der Waals surface area contributed by atoms with E-state index in [9.17, 15) is 4.79 Å². The molecule has 4 nitrogen and oxygen atoms in total. The lowest BCUT2D eigenvalue weighted by molar-refractivity contribution is -1.18. The van der Waals surface area contributed by atoms with Crippen LogP contribution in [0.2, 0.25) is 0 Å². The van der Waals surface area contributed by atoms with Gasteiger partial charge in [-0.25, -0.2) is 0 Å². The van der Waals surface area contributed by atoms with Gasteiger partial charge in [-0.1, -0.05) is 43.0 Å². The van der Waals surface area contributed by atoms with Gasteiger partial charge < -0.3 is 4.74 Å². The molecule has 0 aromatic heterocycles. The fraction of sp³-hybridized carbons (Fsp3) is 0.375. The normalized spacial score (nSPS) is 35.8. The first kappa shape index (κ1) is 17.7. The van der Waals surface area contributed by atoms with Gasteiger partial charge in [0, 0.05) is 0 Å². The van der Waals surface area contributed by atoms with E-state index in [-0.39, 0.29) is 10.8 Å². The van der Waals surface area contributed by atoms with Crippen LogP contribution < -0.4 is 14.5 Å². The van der Waals surface area contributed by atoms with Gasteiger partial charge in [-0.05, 0) is 36.8 Å². The van der Waals surface area contributed by atoms with Gasteiger partial charge in [-0.2, -0.15) is 0 Å². The number of rotatable bonds is 5. The number of quaternary nitrogens is 2. The highest BCUT2D eigenvalue weighted by Crippen LogP contribution is 2.39. The maximum absolute atomic E-state index is 13.6. The van der Waals surface area contributed by atoms with Crippen molar-refractivity contribution < 1.29 is 19.3 Å². The molecule has 144 valence electrons. The number of Topliss-reactive ketones (excluding diaryl/α,β-unsaturated/α-hetero) is 1. The summed E-state index contributed by atoms with van der Waals surface area (Å²) in [4.78, 5) is 16.6. The molecule has 0 radical (unpaired) electrons. The summed E-state index contributed by atoms with van der Waals surface area (Å²) in [5, 5.41) is 0. The molecule has 4 bridgehead atoms. The fourth-order valence-electron chi connectivity index (χ4n) is 6.10. The molecular weight excluding hydrogens is 348 g/mol. The quantitative estimate of drug-likeness (QED) is 0.749. The zero-order valence-electron chi connectivity index (χ0n) is 16.4. The van der Waals surface area contributed by atoms with Crippen molar-refractivity contribution in [2.24, 2.45) is 5.41 Å². The summed E-state index contributed by atoms with van der Waals surface area (Å²) in [5.74, 6) is 1.34. The first-order chi connectivity index (χ1) is 13.6. The van der Waals surface area contributed by atoms with E-state index >= 15 is 0 Å². The molecule has 2 aromatic carbocycles. The molecule has 0 amide bonds. The van der Waals surface area contributed by atoms with E-state index in [4.69, 9.17) is 4.74 Å². The van der Waals surface area contributed by atoms with Gasteiger partial charge in [0.15, 0.2) is 11.2 Å². The number of piperidine rings is 2. The molecule has 28 heavy (non-hydrogen) atoms. The number of ether oxygens (including phenoxy) is 1. The Morgan fingerprint density at radius 2 is 1.68 bits per heavy atom. The van der Waals surface area contributed by atoms with Gasteiger partial charge in [-0.3, -0.25) is 14.6 Å². The summed E-state index contributed by atoms with van der Waals surface area (Å²) in [6.45, 7) is 10.1. The molecule has 0 spiro atoms. The molecule has 2 aromatic rings. The number of hydrogen-bond acceptors (Lipinski definition) is 2. The smallest absolute Gasteiger partial charge is 0.240 e. The number of hydrogen-bond donors (Lipinski definition) is 2. The summed E-state index contributed by atoms with van der Waals surface area (Å²) in [7, 11) is 0. The standard InChI is InChI=1S/C24H26N2O2/c1-3-13-28-20-11-9-18(10-12-20)21-25-14-23(2)15-26(21)17-24(16-25,22(23)27)19-7-5-4-6-8-19/h3-12,21H,1,13-17H2,2H3/p+2. The van der Waals surface area contributed by atoms with Crippen molar-refractivity contribution in [1.82, 2.24) is 0 Å². The molecular formula is C24H28N2O2+2. The van der Waals surface area contributed by atoms with Crippen LogP contribution in [0.4, 0.5) is 0 Å². The number of ketones is 1. The highest BCUT2D eigenvalue weighted by atomic mass is 16.5. The van der Waals surface area contributed by atoms with E-state index < -0.39 is 0 Å². The minimum Gasteiger partial charge on any atom is -0.490 e. The van der Waals surface area contributed by atoms with Crippen LogP contribution in [0.1, 0.15) is 24.2 Å². The monoisotopic (exact) mass is 376 g/mol. The zero-order valence-corrected chi connectivity index (χ0v) is 16.4. The molecule has 4 fully saturated rings. The molecule has 0 saturated carbocycles. The Labute approximate surface area is 166 Å². The first-order valence-electron chi connectivity index (χ1n) is 10.2. The van der Waals surface area contributed by atoms with Crippen molar-refractivity contribution >= 4 is 5.78 Å². The molecule has 4 heterocycles. The lowest BCUT2D eigenvalue weighted by Gasteiger charge is -2.59. The lowest BCUT2D eigenvalue weighted by atomic mass is 9.58. The Balaban J connectivity index is 1.48. The van der Waals surface area contributed by atoms with Gasteiger partial charge in [0.05, 0.1) is 5.56 Å². The van der Waals surface area contributed by atoms with E-state index in [2.05, 4.69) is 62.0 Å². The Kier molecular flexibility index (Phi) is 3.97. The average molecular weight is 377 g/mol. The van der Waals surface area contributed by atoms with Gasteiger partial charge in [0.1, 0.15) is 44.0 Å². The van der Waals surface area contributed by atoms with Crippen molar-refractivity contribution in [2.75, 3.05) is 32.8 Å². The lowest BCUT2D eigenvalue weighted by Crippen LogP contribution is -3.41. The Bertz CT molecular complexity index is 890. The van der Waals surface area contributed by atoms with E-state index in [0.717, 1.165) is 31.9 Å². The number of benzene rings is 2. The molecule has 2 unspecified atom stereocenters. The Hall–Kier alpha value is -2.43. The molecule has 2 N–H and O–H groups in total.